The number of para-hydroxylation sites is 1. The molecule has 0 saturated heterocycles. The van der Waals surface area contributed by atoms with Crippen LogP contribution in [0.2, 0.25) is 0 Å². The van der Waals surface area contributed by atoms with Gasteiger partial charge in [-0.1, -0.05) is 53.1 Å². The molecule has 0 aliphatic rings. The van der Waals surface area contributed by atoms with Crippen molar-refractivity contribution < 1.29 is 0 Å². The van der Waals surface area contributed by atoms with Crippen molar-refractivity contribution in [3.63, 3.8) is 0 Å². The van der Waals surface area contributed by atoms with Gasteiger partial charge in [-0.25, -0.2) is 9.98 Å². The van der Waals surface area contributed by atoms with Gasteiger partial charge in [0.1, 0.15) is 5.00 Å². The van der Waals surface area contributed by atoms with Crippen LogP contribution in [0.3, 0.4) is 0 Å². The van der Waals surface area contributed by atoms with E-state index in [-0.39, 0.29) is 0 Å². The second kappa shape index (κ2) is 6.98. The number of benzene rings is 1. The van der Waals surface area contributed by atoms with Crippen molar-refractivity contribution in [3.8, 4) is 0 Å². The summed E-state index contributed by atoms with van der Waals surface area (Å²) in [5.74, 6) is 0. The van der Waals surface area contributed by atoms with Crippen LogP contribution in [0.4, 0.5) is 10.7 Å². The average Bonchev–Trinajstić information content (AvgIpc) is 2.94. The maximum absolute atomic E-state index is 4.67. The molecule has 100 valence electrons. The third-order valence-corrected chi connectivity index (χ3v) is 5.23. The Labute approximate surface area is 126 Å². The predicted molar refractivity (Wildman–Crippen MR) is 89.4 cm³/mol. The van der Waals surface area contributed by atoms with E-state index in [1.807, 2.05) is 56.1 Å². The zero-order valence-electron chi connectivity index (χ0n) is 11.0. The van der Waals surface area contributed by atoms with E-state index in [1.165, 1.54) is 0 Å². The fraction of sp³-hybridized carbons (Fsp3) is 0.231. The van der Waals surface area contributed by atoms with Crippen LogP contribution >= 0.6 is 34.9 Å². The summed E-state index contributed by atoms with van der Waals surface area (Å²) in [6.07, 6.45) is 5.97. The van der Waals surface area contributed by atoms with Crippen LogP contribution in [0.5, 0.6) is 0 Å². The van der Waals surface area contributed by atoms with Gasteiger partial charge in [-0.05, 0) is 24.6 Å². The van der Waals surface area contributed by atoms with E-state index in [0.717, 1.165) is 20.2 Å². The van der Waals surface area contributed by atoms with Crippen LogP contribution in [0, 0.1) is 0 Å². The van der Waals surface area contributed by atoms with Gasteiger partial charge in [-0.2, -0.15) is 0 Å². The first-order valence-corrected chi connectivity index (χ1v) is 8.92. The summed E-state index contributed by atoms with van der Waals surface area (Å²) in [4.78, 5) is 11.1. The van der Waals surface area contributed by atoms with Crippen molar-refractivity contribution in [2.75, 3.05) is 24.5 Å². The normalized spacial score (nSPS) is 11.6. The molecule has 2 aromatic rings. The molecule has 1 heterocycles. The molecule has 2 rings (SSSR count). The Kier molecular flexibility index (Phi) is 5.30. The highest BCUT2D eigenvalue weighted by atomic mass is 32.2. The number of aliphatic imine (C=N–C) groups is 1. The number of thiazole rings is 1. The van der Waals surface area contributed by atoms with Crippen molar-refractivity contribution >= 4 is 50.7 Å². The minimum absolute atomic E-state index is 0.961. The second-order valence-corrected chi connectivity index (χ2v) is 6.50. The van der Waals surface area contributed by atoms with Gasteiger partial charge in [0, 0.05) is 7.05 Å². The molecule has 0 N–H and O–H groups in total. The van der Waals surface area contributed by atoms with Crippen molar-refractivity contribution in [2.24, 2.45) is 4.99 Å². The summed E-state index contributed by atoms with van der Waals surface area (Å²) in [5, 5.41) is 2.07. The first kappa shape index (κ1) is 14.4. The molecule has 0 unspecified atom stereocenters. The number of hydrogen-bond donors (Lipinski definition) is 0. The van der Waals surface area contributed by atoms with Gasteiger partial charge in [-0.3, -0.25) is 0 Å². The van der Waals surface area contributed by atoms with Gasteiger partial charge >= 0.3 is 0 Å². The fourth-order valence-electron chi connectivity index (χ4n) is 1.46. The van der Waals surface area contributed by atoms with E-state index in [1.54, 1.807) is 34.9 Å². The number of amidine groups is 1. The monoisotopic (exact) mass is 309 g/mol. The first-order chi connectivity index (χ1) is 9.24. The highest BCUT2D eigenvalue weighted by molar-refractivity contribution is 8.13. The Bertz CT molecular complexity index is 551. The minimum Gasteiger partial charge on any atom is -0.314 e. The summed E-state index contributed by atoms with van der Waals surface area (Å²) < 4.78 is 1.07. The Balaban J connectivity index is 2.24. The van der Waals surface area contributed by atoms with E-state index in [4.69, 9.17) is 0 Å². The number of nitrogens with zero attached hydrogens (tertiary/aromatic N) is 3. The lowest BCUT2D eigenvalue weighted by atomic mass is 10.3. The van der Waals surface area contributed by atoms with Crippen LogP contribution in [0.15, 0.2) is 45.9 Å². The molecule has 19 heavy (non-hydrogen) atoms. The highest BCUT2D eigenvalue weighted by Gasteiger charge is 2.11. The van der Waals surface area contributed by atoms with Gasteiger partial charge in [0.05, 0.1) is 11.9 Å². The van der Waals surface area contributed by atoms with Crippen molar-refractivity contribution in [3.05, 3.63) is 36.5 Å². The molecule has 1 aromatic heterocycles. The van der Waals surface area contributed by atoms with Gasteiger partial charge in [0.2, 0.25) is 0 Å². The second-order valence-electron chi connectivity index (χ2n) is 3.66. The first-order valence-electron chi connectivity index (χ1n) is 5.66. The third kappa shape index (κ3) is 3.75. The number of anilines is 1. The molecule has 0 atom stereocenters. The molecule has 3 nitrogen and oxygen atoms in total. The summed E-state index contributed by atoms with van der Waals surface area (Å²) in [6.45, 7) is 0. The molecular weight excluding hydrogens is 294 g/mol. The van der Waals surface area contributed by atoms with E-state index >= 15 is 0 Å². The molecule has 0 spiro atoms. The van der Waals surface area contributed by atoms with Gasteiger partial charge in [0.25, 0.3) is 0 Å². The van der Waals surface area contributed by atoms with Gasteiger partial charge < -0.3 is 4.90 Å². The molecule has 0 aliphatic carbocycles. The smallest absolute Gasteiger partial charge is 0.169 e. The standard InChI is InChI=1S/C13H15N3S3/c1-16(11-9-14-13(18-3)19-11)12(17-2)15-10-7-5-4-6-8-10/h4-9H,1-3H3. The van der Waals surface area contributed by atoms with Crippen molar-refractivity contribution in [2.45, 2.75) is 4.34 Å². The largest absolute Gasteiger partial charge is 0.314 e. The molecule has 0 saturated carbocycles. The summed E-state index contributed by atoms with van der Waals surface area (Å²) in [6, 6.07) is 9.99. The van der Waals surface area contributed by atoms with Crippen molar-refractivity contribution in [1.82, 2.24) is 4.98 Å². The maximum atomic E-state index is 4.67. The summed E-state index contributed by atoms with van der Waals surface area (Å²) in [7, 11) is 2.02. The molecule has 0 amide bonds. The zero-order chi connectivity index (χ0) is 13.7. The Morgan fingerprint density at radius 3 is 2.58 bits per heavy atom. The van der Waals surface area contributed by atoms with Crippen LogP contribution < -0.4 is 4.90 Å². The molecule has 0 radical (unpaired) electrons. The topological polar surface area (TPSA) is 28.5 Å². The lowest BCUT2D eigenvalue weighted by Crippen LogP contribution is -2.21. The minimum atomic E-state index is 0.961. The average molecular weight is 309 g/mol. The van der Waals surface area contributed by atoms with E-state index in [2.05, 4.69) is 14.9 Å². The number of aromatic nitrogens is 1. The lowest BCUT2D eigenvalue weighted by molar-refractivity contribution is 1.23. The fourth-order valence-corrected chi connectivity index (χ4v) is 3.45. The lowest BCUT2D eigenvalue weighted by Gasteiger charge is -2.17. The number of rotatable bonds is 3. The van der Waals surface area contributed by atoms with Crippen LogP contribution in [0.1, 0.15) is 0 Å². The van der Waals surface area contributed by atoms with E-state index < -0.39 is 0 Å². The Morgan fingerprint density at radius 1 is 1.26 bits per heavy atom. The van der Waals surface area contributed by atoms with E-state index in [0.29, 0.717) is 0 Å². The van der Waals surface area contributed by atoms with Crippen LogP contribution in [-0.2, 0) is 0 Å². The number of hydrogen-bond acceptors (Lipinski definition) is 5. The predicted octanol–water partition coefficient (Wildman–Crippen LogP) is 4.35. The number of thioether (sulfide) groups is 2. The molecule has 1 aromatic carbocycles. The van der Waals surface area contributed by atoms with Crippen molar-refractivity contribution in [1.29, 1.82) is 0 Å². The van der Waals surface area contributed by atoms with Gasteiger partial charge in [0.15, 0.2) is 9.51 Å². The summed E-state index contributed by atoms with van der Waals surface area (Å²) >= 11 is 4.98. The van der Waals surface area contributed by atoms with Crippen LogP contribution in [0.25, 0.3) is 0 Å². The molecule has 0 fully saturated rings. The third-order valence-electron chi connectivity index (χ3n) is 2.43. The van der Waals surface area contributed by atoms with Gasteiger partial charge in [-0.15, -0.1) is 0 Å². The highest BCUT2D eigenvalue weighted by Crippen LogP contribution is 2.30. The summed E-state index contributed by atoms with van der Waals surface area (Å²) in [5.41, 5.74) is 0.966. The van der Waals surface area contributed by atoms with Crippen LogP contribution in [-0.4, -0.2) is 29.7 Å². The SMILES string of the molecule is CSC(=Nc1ccccc1)N(C)c1cnc(SC)s1. The Hall–Kier alpha value is -0.980. The zero-order valence-corrected chi connectivity index (χ0v) is 13.5. The van der Waals surface area contributed by atoms with E-state index in [9.17, 15) is 0 Å². The molecule has 6 heteroatoms. The maximum Gasteiger partial charge on any atom is 0.169 e. The quantitative estimate of drug-likeness (QED) is 0.479. The molecule has 0 bridgehead atoms. The Morgan fingerprint density at radius 2 is 2.00 bits per heavy atom. The molecular formula is C13H15N3S3. The molecule has 0 aliphatic heterocycles.